The minimum Gasteiger partial charge on any atom is -0.445 e. The van der Waals surface area contributed by atoms with E-state index in [-0.39, 0.29) is 23.8 Å². The first kappa shape index (κ1) is 38.8. The zero-order valence-corrected chi connectivity index (χ0v) is 32.0. The molecule has 5 rings (SSSR count). The number of benzene rings is 1. The number of aliphatic hydroxyl groups excluding tert-OH is 2. The van der Waals surface area contributed by atoms with Crippen LogP contribution in [-0.2, 0) is 9.53 Å². The molecule has 4 unspecified atom stereocenters. The molecule has 0 saturated heterocycles. The summed E-state index contributed by atoms with van der Waals surface area (Å²) in [6.07, 6.45) is 16.2. The van der Waals surface area contributed by atoms with Gasteiger partial charge in [-0.1, -0.05) is 116 Å². The van der Waals surface area contributed by atoms with Crippen LogP contribution in [0.1, 0.15) is 150 Å². The molecule has 0 spiro atoms. The summed E-state index contributed by atoms with van der Waals surface area (Å²) >= 11 is 0. The van der Waals surface area contributed by atoms with Crippen molar-refractivity contribution in [3.05, 3.63) is 47.5 Å². The van der Waals surface area contributed by atoms with Crippen LogP contribution in [0.2, 0.25) is 0 Å². The molecule has 3 saturated carbocycles. The fourth-order valence-corrected chi connectivity index (χ4v) is 11.2. The number of hydrogen-bond donors (Lipinski definition) is 3. The van der Waals surface area contributed by atoms with Gasteiger partial charge in [0.05, 0.1) is 6.61 Å². The second-order valence-electron chi connectivity index (χ2n) is 17.5. The van der Waals surface area contributed by atoms with Crippen LogP contribution in [-0.4, -0.2) is 46.0 Å². The highest BCUT2D eigenvalue weighted by Gasteiger charge is 2.59. The van der Waals surface area contributed by atoms with Crippen molar-refractivity contribution in [3.63, 3.8) is 0 Å². The van der Waals surface area contributed by atoms with E-state index >= 15 is 0 Å². The number of allylic oxidation sites excluding steroid dienone is 1. The third-order valence-electron chi connectivity index (χ3n) is 14.0. The van der Waals surface area contributed by atoms with E-state index in [1.165, 1.54) is 50.5 Å². The lowest BCUT2D eigenvalue weighted by Crippen LogP contribution is -2.56. The van der Waals surface area contributed by atoms with Gasteiger partial charge in [-0.05, 0) is 103 Å². The predicted octanol–water partition coefficient (Wildman–Crippen LogP) is 9.54. The van der Waals surface area contributed by atoms with Gasteiger partial charge >= 0.3 is 6.09 Å². The van der Waals surface area contributed by atoms with Crippen molar-refractivity contribution in [2.24, 2.45) is 46.3 Å². The molecule has 1 aromatic carbocycles. The Bertz CT molecular complexity index is 1300. The number of hydrogen-bond acceptors (Lipinski definition) is 5. The van der Waals surface area contributed by atoms with E-state index in [4.69, 9.17) is 4.74 Å². The molecule has 3 fully saturated rings. The summed E-state index contributed by atoms with van der Waals surface area (Å²) < 4.78 is 6.03. The number of nitrogens with zero attached hydrogens (tertiary/aromatic N) is 1. The van der Waals surface area contributed by atoms with E-state index in [1.807, 2.05) is 6.07 Å². The van der Waals surface area contributed by atoms with Crippen molar-refractivity contribution in [3.8, 4) is 0 Å². The van der Waals surface area contributed by atoms with Crippen LogP contribution in [0, 0.1) is 46.3 Å². The lowest BCUT2D eigenvalue weighted by atomic mass is 9.47. The molecular weight excluding hydrogens is 624 g/mol. The molecule has 7 nitrogen and oxygen atoms in total. The van der Waals surface area contributed by atoms with Crippen LogP contribution in [0.4, 0.5) is 4.79 Å². The summed E-state index contributed by atoms with van der Waals surface area (Å²) in [7, 11) is 0. The molecule has 2 amide bonds. The van der Waals surface area contributed by atoms with E-state index in [9.17, 15) is 19.8 Å². The summed E-state index contributed by atoms with van der Waals surface area (Å²) in [6, 6.07) is 7.90. The van der Waals surface area contributed by atoms with Gasteiger partial charge < -0.3 is 14.9 Å². The summed E-state index contributed by atoms with van der Waals surface area (Å²) in [6.45, 7) is 13.9. The normalized spacial score (nSPS) is 32.2. The number of rotatable bonds is 14. The molecule has 10 atom stereocenters. The first-order valence-corrected chi connectivity index (χ1v) is 20.3. The van der Waals surface area contributed by atoms with Gasteiger partial charge in [0.2, 0.25) is 5.91 Å². The number of nitrogens with one attached hydrogen (secondary N) is 1. The Morgan fingerprint density at radius 1 is 0.980 bits per heavy atom. The van der Waals surface area contributed by atoms with Crippen molar-refractivity contribution >= 4 is 12.0 Å². The molecule has 4 aliphatic carbocycles. The average Bonchev–Trinajstić information content (AvgIpc) is 3.45. The molecular formula is C43H68N2O5. The molecule has 0 radical (unpaired) electrons. The molecule has 3 N–H and O–H groups in total. The van der Waals surface area contributed by atoms with Gasteiger partial charge in [-0.25, -0.2) is 15.2 Å². The number of carbonyl (C=O) groups is 2. The van der Waals surface area contributed by atoms with Gasteiger partial charge in [-0.3, -0.25) is 4.79 Å². The van der Waals surface area contributed by atoms with Crippen molar-refractivity contribution in [1.29, 1.82) is 0 Å². The summed E-state index contributed by atoms with van der Waals surface area (Å²) in [5.74, 6) is 4.34. The van der Waals surface area contributed by atoms with E-state index in [0.29, 0.717) is 23.3 Å². The number of amides is 2. The van der Waals surface area contributed by atoms with Crippen molar-refractivity contribution in [2.45, 2.75) is 156 Å². The number of unbranched alkanes of at least 4 members (excludes halogenated alkanes) is 2. The first-order chi connectivity index (χ1) is 23.9. The Kier molecular flexibility index (Phi) is 13.2. The van der Waals surface area contributed by atoms with Crippen LogP contribution in [0.3, 0.4) is 0 Å². The molecule has 0 aromatic heterocycles. The molecule has 4 aliphatic rings. The largest absolute Gasteiger partial charge is 0.445 e. The first-order valence-electron chi connectivity index (χ1n) is 20.3. The van der Waals surface area contributed by atoms with E-state index in [0.717, 1.165) is 73.1 Å². The van der Waals surface area contributed by atoms with Gasteiger partial charge in [0, 0.05) is 12.8 Å². The number of ether oxygens (including phenoxy) is 1. The van der Waals surface area contributed by atoms with Crippen molar-refractivity contribution < 1.29 is 24.5 Å². The van der Waals surface area contributed by atoms with Crippen molar-refractivity contribution in [1.82, 2.24) is 10.4 Å². The van der Waals surface area contributed by atoms with Gasteiger partial charge in [0.15, 0.2) is 0 Å². The smallest absolute Gasteiger partial charge is 0.426 e. The third-order valence-corrected chi connectivity index (χ3v) is 14.0. The summed E-state index contributed by atoms with van der Waals surface area (Å²) in [5, 5.41) is 22.6. The van der Waals surface area contributed by atoms with Crippen molar-refractivity contribution in [2.75, 3.05) is 6.61 Å². The molecule has 7 heteroatoms. The molecule has 0 heterocycles. The van der Waals surface area contributed by atoms with Crippen LogP contribution < -0.4 is 5.43 Å². The Morgan fingerprint density at radius 2 is 1.74 bits per heavy atom. The average molecular weight is 693 g/mol. The quantitative estimate of drug-likeness (QED) is 0.103. The van der Waals surface area contributed by atoms with Gasteiger partial charge in [0.1, 0.15) is 18.2 Å². The topological polar surface area (TPSA) is 99.1 Å². The zero-order chi connectivity index (χ0) is 36.1. The summed E-state index contributed by atoms with van der Waals surface area (Å²) in [5.41, 5.74) is 5.28. The number of carbonyl (C=O) groups excluding carboxylic acids is 2. The molecule has 0 bridgehead atoms. The Hall–Kier alpha value is -2.38. The Balaban J connectivity index is 1.23. The Labute approximate surface area is 303 Å². The SMILES string of the molecule is CCCCCC(=O)N(NC(=O)OC1CC[C@@]2(C)C(=CCC3C2CC[C@@]2(C)C3CC[C@@H]2[C@H](C)CCCC(C)C)C1)[C@@H](CO)[C@@H](O)c1ccccc1. The number of aliphatic hydroxyl groups is 2. The molecule has 0 aliphatic heterocycles. The maximum atomic E-state index is 13.4. The van der Waals surface area contributed by atoms with E-state index in [1.54, 1.807) is 24.3 Å². The highest BCUT2D eigenvalue weighted by Crippen LogP contribution is 2.67. The lowest BCUT2D eigenvalue weighted by molar-refractivity contribution is -0.142. The monoisotopic (exact) mass is 693 g/mol. The maximum Gasteiger partial charge on any atom is 0.426 e. The molecule has 1 aromatic rings. The molecule has 50 heavy (non-hydrogen) atoms. The fraction of sp³-hybridized carbons (Fsp3) is 0.767. The second kappa shape index (κ2) is 17.0. The van der Waals surface area contributed by atoms with Gasteiger partial charge in [-0.15, -0.1) is 0 Å². The fourth-order valence-electron chi connectivity index (χ4n) is 11.2. The standard InChI is InChI=1S/C43H68N2O5/c1-7-8-10-18-39(47)45(38(28-46)40(48)31-16-11-9-12-17-31)44-41(49)50-33-23-25-42(5)32(27-33)19-20-34-36-22-21-35(30(4)15-13-14-29(2)3)43(36,6)26-24-37(34)42/h9,11-12,16-17,19,29-30,33-38,40,46,48H,7-8,10,13-15,18,20-28H2,1-6H3,(H,44,49)/t30-,33?,34?,35-,36?,37?,38+,40+,42+,43-/m1/s1. The van der Waals surface area contributed by atoms with Crippen LogP contribution in [0.15, 0.2) is 42.0 Å². The van der Waals surface area contributed by atoms with E-state index in [2.05, 4.69) is 53.0 Å². The van der Waals surface area contributed by atoms with E-state index < -0.39 is 24.8 Å². The number of hydrazine groups is 1. The van der Waals surface area contributed by atoms with Gasteiger partial charge in [-0.2, -0.15) is 0 Å². The lowest BCUT2D eigenvalue weighted by Gasteiger charge is -2.58. The second-order valence-corrected chi connectivity index (χ2v) is 17.5. The third kappa shape index (κ3) is 8.30. The van der Waals surface area contributed by atoms with Crippen LogP contribution >= 0.6 is 0 Å². The predicted molar refractivity (Wildman–Crippen MR) is 200 cm³/mol. The summed E-state index contributed by atoms with van der Waals surface area (Å²) in [4.78, 5) is 26.8. The minimum absolute atomic E-state index is 0.143. The van der Waals surface area contributed by atoms with Gasteiger partial charge in [0.25, 0.3) is 0 Å². The van der Waals surface area contributed by atoms with Crippen LogP contribution in [0.5, 0.6) is 0 Å². The zero-order valence-electron chi connectivity index (χ0n) is 32.0. The minimum atomic E-state index is -1.17. The highest BCUT2D eigenvalue weighted by atomic mass is 16.6. The van der Waals surface area contributed by atoms with Crippen LogP contribution in [0.25, 0.3) is 0 Å². The maximum absolute atomic E-state index is 13.4. The molecule has 280 valence electrons. The Morgan fingerprint density at radius 3 is 2.44 bits per heavy atom. The number of fused-ring (bicyclic) bond motifs is 5. The highest BCUT2D eigenvalue weighted by molar-refractivity contribution is 5.79.